The van der Waals surface area contributed by atoms with Crippen molar-refractivity contribution in [1.82, 2.24) is 0 Å². The standard InChI is InChI=1S/C9H13N.ClHO4/c1-6-4-7(2)9(10)8(3)5-6;2-1(3,4)5/h4-5H,10H2,1-3H3;(H,2,3,4,5). The summed E-state index contributed by atoms with van der Waals surface area (Å²) in [6, 6.07) is 4.32. The Hall–Kier alpha value is -0.690. The second-order valence-electron chi connectivity index (χ2n) is 3.26. The first kappa shape index (κ1) is 14.3. The van der Waals surface area contributed by atoms with Gasteiger partial charge in [0.15, 0.2) is 0 Å². The third kappa shape index (κ3) is 7.26. The highest BCUT2D eigenvalue weighted by Crippen LogP contribution is 2.15. The third-order valence-electron chi connectivity index (χ3n) is 1.84. The third-order valence-corrected chi connectivity index (χ3v) is 1.84. The minimum absolute atomic E-state index is 1.17. The summed E-state index contributed by atoms with van der Waals surface area (Å²) < 4.78 is 34.0. The lowest BCUT2D eigenvalue weighted by atomic mass is 10.1. The Morgan fingerprint density at radius 3 is 1.47 bits per heavy atom. The van der Waals surface area contributed by atoms with Crippen molar-refractivity contribution in [2.45, 2.75) is 20.8 Å². The van der Waals surface area contributed by atoms with Crippen LogP contribution in [0.3, 0.4) is 0 Å². The zero-order valence-electron chi connectivity index (χ0n) is 8.87. The monoisotopic (exact) mass is 235 g/mol. The maximum absolute atomic E-state index is 8.49. The summed E-state index contributed by atoms with van der Waals surface area (Å²) in [4.78, 5) is 0. The largest absolute Gasteiger partial charge is 0.325 e. The molecular weight excluding hydrogens is 222 g/mol. The zero-order valence-corrected chi connectivity index (χ0v) is 9.63. The summed E-state index contributed by atoms with van der Waals surface area (Å²) in [5.41, 5.74) is 9.03. The van der Waals surface area contributed by atoms with Gasteiger partial charge in [-0.1, -0.05) is 17.7 Å². The van der Waals surface area contributed by atoms with Gasteiger partial charge in [0.05, 0.1) is 0 Å². The van der Waals surface area contributed by atoms with Crippen LogP contribution in [0.1, 0.15) is 16.7 Å². The normalized spacial score (nSPS) is 10.7. The van der Waals surface area contributed by atoms with Gasteiger partial charge in [0.1, 0.15) is 5.69 Å². The molecule has 0 saturated heterocycles. The van der Waals surface area contributed by atoms with Gasteiger partial charge >= 0.3 is 0 Å². The Morgan fingerprint density at radius 1 is 0.933 bits per heavy atom. The van der Waals surface area contributed by atoms with Crippen LogP contribution >= 0.6 is 0 Å². The topological polar surface area (TPSA) is 120 Å². The molecule has 15 heavy (non-hydrogen) atoms. The molecule has 0 aliphatic heterocycles. The fraction of sp³-hybridized carbons (Fsp3) is 0.333. The van der Waals surface area contributed by atoms with Crippen molar-refractivity contribution >= 4 is 5.69 Å². The van der Waals surface area contributed by atoms with Crippen LogP contribution in [0.4, 0.5) is 5.69 Å². The average Bonchev–Trinajstić information content (AvgIpc) is 1.96. The van der Waals surface area contributed by atoms with Crippen molar-refractivity contribution in [1.29, 1.82) is 0 Å². The van der Waals surface area contributed by atoms with Crippen LogP contribution in [0, 0.1) is 31.0 Å². The molecule has 86 valence electrons. The predicted molar refractivity (Wildman–Crippen MR) is 43.2 cm³/mol. The molecule has 0 amide bonds. The molecule has 0 aliphatic rings. The van der Waals surface area contributed by atoms with E-state index in [4.69, 9.17) is 18.6 Å². The van der Waals surface area contributed by atoms with Gasteiger partial charge in [-0.05, 0) is 20.8 Å². The Bertz CT molecular complexity index is 306. The lowest BCUT2D eigenvalue weighted by molar-refractivity contribution is -2.00. The van der Waals surface area contributed by atoms with Crippen LogP contribution in [-0.2, 0) is 0 Å². The second-order valence-corrected chi connectivity index (χ2v) is 4.01. The highest BCUT2D eigenvalue weighted by Gasteiger charge is 2.00. The van der Waals surface area contributed by atoms with E-state index in [9.17, 15) is 0 Å². The maximum atomic E-state index is 8.49. The molecule has 0 bridgehead atoms. The lowest BCUT2D eigenvalue weighted by Gasteiger charge is -2.17. The van der Waals surface area contributed by atoms with E-state index in [-0.39, 0.29) is 0 Å². The minimum atomic E-state index is -4.94. The predicted octanol–water partition coefficient (Wildman–Crippen LogP) is -3.27. The lowest BCUT2D eigenvalue weighted by Crippen LogP contribution is -2.68. The molecule has 0 spiro atoms. The number of benzene rings is 1. The van der Waals surface area contributed by atoms with Crippen molar-refractivity contribution in [3.63, 3.8) is 0 Å². The number of aryl methyl sites for hydroxylation is 3. The molecule has 0 heterocycles. The first-order chi connectivity index (χ1) is 6.61. The molecule has 0 saturated carbocycles. The average molecular weight is 236 g/mol. The molecule has 0 aliphatic carbocycles. The Kier molecular flexibility index (Phi) is 5.16. The summed E-state index contributed by atoms with van der Waals surface area (Å²) >= 11 is 0. The summed E-state index contributed by atoms with van der Waals surface area (Å²) in [7, 11) is -4.94. The number of halogens is 1. The van der Waals surface area contributed by atoms with Crippen molar-refractivity contribution in [2.24, 2.45) is 0 Å². The first-order valence-corrected chi connectivity index (χ1v) is 5.36. The number of hydrogen-bond donors (Lipinski definition) is 1. The molecule has 1 aromatic rings. The van der Waals surface area contributed by atoms with Gasteiger partial charge in [0.25, 0.3) is 0 Å². The van der Waals surface area contributed by atoms with Crippen LogP contribution in [0.15, 0.2) is 12.1 Å². The molecule has 0 unspecified atom stereocenters. The van der Waals surface area contributed by atoms with Gasteiger partial charge in [0.2, 0.25) is 0 Å². The van der Waals surface area contributed by atoms with E-state index >= 15 is 0 Å². The van der Waals surface area contributed by atoms with Crippen molar-refractivity contribution < 1.29 is 34.6 Å². The van der Waals surface area contributed by atoms with Gasteiger partial charge in [0, 0.05) is 11.1 Å². The molecule has 0 fully saturated rings. The maximum Gasteiger partial charge on any atom is 0.133 e. The number of hydrogen-bond acceptors (Lipinski definition) is 4. The van der Waals surface area contributed by atoms with Gasteiger partial charge < -0.3 is 5.73 Å². The summed E-state index contributed by atoms with van der Waals surface area (Å²) in [6.07, 6.45) is 0. The van der Waals surface area contributed by atoms with Gasteiger partial charge in [-0.3, -0.25) is 0 Å². The van der Waals surface area contributed by atoms with E-state index in [0.717, 1.165) is 0 Å². The quantitative estimate of drug-likeness (QED) is 0.507. The fourth-order valence-electron chi connectivity index (χ4n) is 1.21. The number of quaternary nitrogens is 1. The van der Waals surface area contributed by atoms with E-state index in [1.165, 1.54) is 22.4 Å². The van der Waals surface area contributed by atoms with Crippen LogP contribution < -0.4 is 24.4 Å². The van der Waals surface area contributed by atoms with E-state index in [2.05, 4.69) is 38.6 Å². The fourth-order valence-corrected chi connectivity index (χ4v) is 1.21. The molecule has 1 rings (SSSR count). The molecule has 0 aromatic heterocycles. The second kappa shape index (κ2) is 5.41. The van der Waals surface area contributed by atoms with Gasteiger partial charge in [-0.2, -0.15) is 0 Å². The molecule has 1 aromatic carbocycles. The summed E-state index contributed by atoms with van der Waals surface area (Å²) in [5.74, 6) is 0. The molecule has 0 radical (unpaired) electrons. The molecule has 0 atom stereocenters. The smallest absolute Gasteiger partial charge is 0.133 e. The SMILES string of the molecule is Cc1cc(C)c([NH3+])c(C)c1.[O-][Cl+3]([O-])([O-])[O-]. The van der Waals surface area contributed by atoms with E-state index in [0.29, 0.717) is 0 Å². The minimum Gasteiger partial charge on any atom is -0.325 e. The molecule has 5 nitrogen and oxygen atoms in total. The highest BCUT2D eigenvalue weighted by atomic mass is 35.7. The molecular formula is C9H14ClNO4. The highest BCUT2D eigenvalue weighted by molar-refractivity contribution is 5.47. The summed E-state index contributed by atoms with van der Waals surface area (Å²) in [5, 5.41) is 0. The number of rotatable bonds is 0. The zero-order chi connectivity index (χ0) is 12.2. The Balaban J connectivity index is 0.000000336. The van der Waals surface area contributed by atoms with Crippen molar-refractivity contribution in [3.05, 3.63) is 28.8 Å². The van der Waals surface area contributed by atoms with Gasteiger partial charge in [-0.25, -0.2) is 18.6 Å². The van der Waals surface area contributed by atoms with E-state index < -0.39 is 10.2 Å². The van der Waals surface area contributed by atoms with Crippen LogP contribution in [0.5, 0.6) is 0 Å². The van der Waals surface area contributed by atoms with Crippen LogP contribution in [0.2, 0.25) is 0 Å². The molecule has 6 heteroatoms. The first-order valence-electron chi connectivity index (χ1n) is 4.13. The van der Waals surface area contributed by atoms with E-state index in [1.807, 2.05) is 0 Å². The Labute approximate surface area is 90.5 Å². The Morgan fingerprint density at radius 2 is 1.20 bits per heavy atom. The van der Waals surface area contributed by atoms with E-state index in [1.54, 1.807) is 0 Å². The van der Waals surface area contributed by atoms with Crippen molar-refractivity contribution in [3.8, 4) is 0 Å². The van der Waals surface area contributed by atoms with Crippen LogP contribution in [0.25, 0.3) is 0 Å². The summed E-state index contributed by atoms with van der Waals surface area (Å²) in [6.45, 7) is 6.31. The molecule has 3 N–H and O–H groups in total. The van der Waals surface area contributed by atoms with Crippen LogP contribution in [-0.4, -0.2) is 0 Å². The van der Waals surface area contributed by atoms with Crippen molar-refractivity contribution in [2.75, 3.05) is 0 Å². The van der Waals surface area contributed by atoms with Gasteiger partial charge in [-0.15, -0.1) is 10.2 Å².